The van der Waals surface area contributed by atoms with Crippen LogP contribution in [0, 0.1) is 0 Å². The highest BCUT2D eigenvalue weighted by Crippen LogP contribution is 2.39. The molecule has 0 bridgehead atoms. The highest BCUT2D eigenvalue weighted by molar-refractivity contribution is 5.92. The van der Waals surface area contributed by atoms with E-state index >= 15 is 0 Å². The van der Waals surface area contributed by atoms with Gasteiger partial charge in [-0.3, -0.25) is 19.4 Å². The number of ether oxygens (including phenoxy) is 1. The Morgan fingerprint density at radius 2 is 1.96 bits per heavy atom. The number of carbonyl (C=O) groups is 1. The maximum atomic E-state index is 12.5. The molecule has 6 nitrogen and oxygen atoms in total. The van der Waals surface area contributed by atoms with Gasteiger partial charge in [0.2, 0.25) is 0 Å². The van der Waals surface area contributed by atoms with Crippen molar-refractivity contribution >= 4 is 5.91 Å². The van der Waals surface area contributed by atoms with Crippen LogP contribution in [0.1, 0.15) is 35.3 Å². The molecule has 1 saturated heterocycles. The van der Waals surface area contributed by atoms with Crippen LogP contribution in [-0.2, 0) is 13.5 Å². The van der Waals surface area contributed by atoms with Gasteiger partial charge in [-0.15, -0.1) is 0 Å². The van der Waals surface area contributed by atoms with E-state index in [0.717, 1.165) is 31.4 Å². The van der Waals surface area contributed by atoms with Crippen LogP contribution in [0.4, 0.5) is 0 Å². The average molecular weight is 327 g/mol. The number of rotatable bonds is 1. The smallest absolute Gasteiger partial charge is 0.271 e. The van der Waals surface area contributed by atoms with E-state index in [0.29, 0.717) is 18.8 Å². The van der Waals surface area contributed by atoms with Gasteiger partial charge in [0.25, 0.3) is 11.5 Å². The fourth-order valence-electron chi connectivity index (χ4n) is 3.69. The van der Waals surface area contributed by atoms with Gasteiger partial charge in [0, 0.05) is 39.0 Å². The Balaban J connectivity index is 1.45. The SMILES string of the molecule is Cn1[nH]c(C(=O)N2CCC3(CCc4ccccc4O3)CC2)cc1=O. The Bertz CT molecular complexity index is 828. The summed E-state index contributed by atoms with van der Waals surface area (Å²) in [5.74, 6) is 0.870. The van der Waals surface area contributed by atoms with E-state index in [1.165, 1.54) is 16.3 Å². The Morgan fingerprint density at radius 1 is 1.21 bits per heavy atom. The zero-order valence-electron chi connectivity index (χ0n) is 13.7. The molecule has 2 aromatic rings. The van der Waals surface area contributed by atoms with Crippen LogP contribution in [0.5, 0.6) is 5.75 Å². The zero-order valence-corrected chi connectivity index (χ0v) is 13.7. The molecular formula is C18H21N3O3. The lowest BCUT2D eigenvalue weighted by atomic mass is 9.83. The number of para-hydroxylation sites is 1. The number of H-pyrrole nitrogens is 1. The highest BCUT2D eigenvalue weighted by Gasteiger charge is 2.40. The van der Waals surface area contributed by atoms with Crippen molar-refractivity contribution in [2.75, 3.05) is 13.1 Å². The second-order valence-corrected chi connectivity index (χ2v) is 6.75. The third-order valence-electron chi connectivity index (χ3n) is 5.23. The van der Waals surface area contributed by atoms with Crippen LogP contribution in [-0.4, -0.2) is 39.3 Å². The minimum atomic E-state index is -0.195. The molecule has 1 aromatic carbocycles. The molecule has 1 aromatic heterocycles. The molecule has 2 aliphatic heterocycles. The van der Waals surface area contributed by atoms with Gasteiger partial charge in [-0.1, -0.05) is 18.2 Å². The van der Waals surface area contributed by atoms with E-state index < -0.39 is 0 Å². The van der Waals surface area contributed by atoms with Crippen molar-refractivity contribution < 1.29 is 9.53 Å². The second-order valence-electron chi connectivity index (χ2n) is 6.75. The number of amides is 1. The molecule has 1 N–H and O–H groups in total. The van der Waals surface area contributed by atoms with Crippen molar-refractivity contribution in [1.82, 2.24) is 14.7 Å². The van der Waals surface area contributed by atoms with Gasteiger partial charge in [-0.05, 0) is 24.5 Å². The van der Waals surface area contributed by atoms with Crippen molar-refractivity contribution in [2.45, 2.75) is 31.3 Å². The summed E-state index contributed by atoms with van der Waals surface area (Å²) in [6.45, 7) is 1.30. The predicted molar refractivity (Wildman–Crippen MR) is 89.3 cm³/mol. The van der Waals surface area contributed by atoms with Crippen molar-refractivity contribution in [3.05, 3.63) is 51.9 Å². The maximum Gasteiger partial charge on any atom is 0.271 e. The Kier molecular flexibility index (Phi) is 3.48. The van der Waals surface area contributed by atoms with Gasteiger partial charge < -0.3 is 9.64 Å². The van der Waals surface area contributed by atoms with Gasteiger partial charge in [0.1, 0.15) is 17.0 Å². The first kappa shape index (κ1) is 15.1. The molecule has 1 fully saturated rings. The first-order chi connectivity index (χ1) is 11.6. The number of likely N-dealkylation sites (tertiary alicyclic amines) is 1. The van der Waals surface area contributed by atoms with Crippen LogP contribution in [0.15, 0.2) is 35.1 Å². The first-order valence-electron chi connectivity index (χ1n) is 8.39. The van der Waals surface area contributed by atoms with Gasteiger partial charge in [-0.2, -0.15) is 0 Å². The number of hydrogen-bond acceptors (Lipinski definition) is 3. The lowest BCUT2D eigenvalue weighted by Crippen LogP contribution is -2.51. The molecule has 0 aliphatic carbocycles. The molecule has 6 heteroatoms. The molecule has 3 heterocycles. The third-order valence-corrected chi connectivity index (χ3v) is 5.23. The summed E-state index contributed by atoms with van der Waals surface area (Å²) in [4.78, 5) is 25.9. The number of fused-ring (bicyclic) bond motifs is 1. The fraction of sp³-hybridized carbons (Fsp3) is 0.444. The molecule has 2 aliphatic rings. The minimum Gasteiger partial charge on any atom is -0.487 e. The predicted octanol–water partition coefficient (Wildman–Crippen LogP) is 1.71. The number of nitrogens with zero attached hydrogens (tertiary/aromatic N) is 2. The van der Waals surface area contributed by atoms with E-state index in [1.54, 1.807) is 11.9 Å². The summed E-state index contributed by atoms with van der Waals surface area (Å²) in [5, 5.41) is 2.81. The molecule has 126 valence electrons. The van der Waals surface area contributed by atoms with Crippen LogP contribution in [0.3, 0.4) is 0 Å². The Hall–Kier alpha value is -2.50. The van der Waals surface area contributed by atoms with Crippen LogP contribution < -0.4 is 10.3 Å². The summed E-state index contributed by atoms with van der Waals surface area (Å²) in [5.41, 5.74) is 1.27. The largest absolute Gasteiger partial charge is 0.487 e. The number of aryl methyl sites for hydroxylation is 2. The summed E-state index contributed by atoms with van der Waals surface area (Å²) in [6.07, 6.45) is 3.67. The Morgan fingerprint density at radius 3 is 2.67 bits per heavy atom. The topological polar surface area (TPSA) is 67.3 Å². The molecule has 24 heavy (non-hydrogen) atoms. The molecule has 0 saturated carbocycles. The molecule has 0 atom stereocenters. The molecule has 1 amide bonds. The van der Waals surface area contributed by atoms with Crippen molar-refractivity contribution in [3.8, 4) is 5.75 Å². The van der Waals surface area contributed by atoms with Crippen LogP contribution in [0.2, 0.25) is 0 Å². The summed E-state index contributed by atoms with van der Waals surface area (Å²) >= 11 is 0. The van der Waals surface area contributed by atoms with E-state index in [9.17, 15) is 9.59 Å². The normalized spacial score (nSPS) is 19.0. The first-order valence-corrected chi connectivity index (χ1v) is 8.39. The zero-order chi connectivity index (χ0) is 16.7. The van der Waals surface area contributed by atoms with Gasteiger partial charge in [0.15, 0.2) is 0 Å². The Labute approximate surface area is 140 Å². The third kappa shape index (κ3) is 2.52. The number of aromatic nitrogens is 2. The van der Waals surface area contributed by atoms with Crippen molar-refractivity contribution in [2.24, 2.45) is 7.05 Å². The molecule has 1 spiro atoms. The monoisotopic (exact) mass is 327 g/mol. The van der Waals surface area contributed by atoms with Gasteiger partial charge in [-0.25, -0.2) is 0 Å². The van der Waals surface area contributed by atoms with E-state index in [1.807, 2.05) is 18.2 Å². The van der Waals surface area contributed by atoms with Crippen LogP contribution >= 0.6 is 0 Å². The van der Waals surface area contributed by atoms with Crippen molar-refractivity contribution in [1.29, 1.82) is 0 Å². The number of carbonyl (C=O) groups excluding carboxylic acids is 1. The summed E-state index contributed by atoms with van der Waals surface area (Å²) in [7, 11) is 1.61. The number of hydrogen-bond donors (Lipinski definition) is 1. The minimum absolute atomic E-state index is 0.112. The summed E-state index contributed by atoms with van der Waals surface area (Å²) in [6, 6.07) is 9.56. The van der Waals surface area contributed by atoms with E-state index in [2.05, 4.69) is 11.2 Å². The maximum absolute atomic E-state index is 12.5. The van der Waals surface area contributed by atoms with E-state index in [4.69, 9.17) is 4.74 Å². The van der Waals surface area contributed by atoms with E-state index in [-0.39, 0.29) is 17.1 Å². The standard InChI is InChI=1S/C18H21N3O3/c1-20-16(22)12-14(19-20)17(23)21-10-8-18(9-11-21)7-6-13-4-2-3-5-15(13)24-18/h2-5,12,19H,6-11H2,1H3. The second kappa shape index (κ2) is 5.54. The molecule has 0 unspecified atom stereocenters. The van der Waals surface area contributed by atoms with Gasteiger partial charge >= 0.3 is 0 Å². The molecular weight excluding hydrogens is 306 g/mol. The lowest BCUT2D eigenvalue weighted by molar-refractivity contribution is -0.0108. The quantitative estimate of drug-likeness (QED) is 0.867. The van der Waals surface area contributed by atoms with Gasteiger partial charge in [0.05, 0.1) is 0 Å². The number of nitrogens with one attached hydrogen (secondary N) is 1. The van der Waals surface area contributed by atoms with Crippen molar-refractivity contribution in [3.63, 3.8) is 0 Å². The molecule has 0 radical (unpaired) electrons. The number of piperidine rings is 1. The fourth-order valence-corrected chi connectivity index (χ4v) is 3.69. The lowest BCUT2D eigenvalue weighted by Gasteiger charge is -2.44. The highest BCUT2D eigenvalue weighted by atomic mass is 16.5. The number of benzene rings is 1. The average Bonchev–Trinajstić information content (AvgIpc) is 2.94. The molecule has 4 rings (SSSR count). The van der Waals surface area contributed by atoms with Crippen LogP contribution in [0.25, 0.3) is 0 Å². The number of aromatic amines is 1. The summed E-state index contributed by atoms with van der Waals surface area (Å²) < 4.78 is 7.64.